The second kappa shape index (κ2) is 3.47. The van der Waals surface area contributed by atoms with Crippen LogP contribution in [0.5, 0.6) is 0 Å². The normalized spacial score (nSPS) is 30.5. The average Bonchev–Trinajstić information content (AvgIpc) is 3.02. The Kier molecular flexibility index (Phi) is 2.02. The molecule has 4 heterocycles. The van der Waals surface area contributed by atoms with Gasteiger partial charge in [-0.1, -0.05) is 12.1 Å². The first kappa shape index (κ1) is 9.92. The summed E-state index contributed by atoms with van der Waals surface area (Å²) in [7, 11) is 2.19. The molecule has 4 aliphatic heterocycles. The fourth-order valence-electron chi connectivity index (χ4n) is 3.39. The van der Waals surface area contributed by atoms with E-state index in [9.17, 15) is 0 Å². The van der Waals surface area contributed by atoms with Gasteiger partial charge in [-0.3, -0.25) is 4.90 Å². The maximum absolute atomic E-state index is 5.67. The first-order chi connectivity index (χ1) is 8.33. The number of rotatable bonds is 2. The molecule has 2 bridgehead atoms. The van der Waals surface area contributed by atoms with Crippen LogP contribution in [-0.4, -0.2) is 37.4 Å². The van der Waals surface area contributed by atoms with Crippen molar-refractivity contribution in [1.29, 1.82) is 0 Å². The lowest BCUT2D eigenvalue weighted by molar-refractivity contribution is -0.0318. The maximum atomic E-state index is 5.67. The monoisotopic (exact) mass is 230 g/mol. The second-order valence-corrected chi connectivity index (χ2v) is 5.44. The lowest BCUT2D eigenvalue weighted by Gasteiger charge is -2.38. The molecular formula is C14H18N2O. The van der Waals surface area contributed by atoms with Gasteiger partial charge >= 0.3 is 0 Å². The van der Waals surface area contributed by atoms with E-state index in [-0.39, 0.29) is 0 Å². The van der Waals surface area contributed by atoms with E-state index in [1.54, 1.807) is 5.56 Å². The van der Waals surface area contributed by atoms with E-state index in [0.29, 0.717) is 12.3 Å². The van der Waals surface area contributed by atoms with Crippen LogP contribution < -0.4 is 4.90 Å². The van der Waals surface area contributed by atoms with Crippen LogP contribution in [0.1, 0.15) is 17.5 Å². The van der Waals surface area contributed by atoms with Crippen molar-refractivity contribution in [3.63, 3.8) is 0 Å². The average molecular weight is 230 g/mol. The Hall–Kier alpha value is -1.06. The number of fused-ring (bicyclic) bond motifs is 2. The number of anilines is 1. The Morgan fingerprint density at radius 1 is 1.41 bits per heavy atom. The standard InChI is InChI=1S/C14H18N2O/c1-15-6-5-12-10(3-2-4-13(12)15)8-16-11-7-14(16)17-9-11/h2-4,11,14H,5-9H2,1H3/t11-,14?/m1/s1. The van der Waals surface area contributed by atoms with Crippen LogP contribution in [0.15, 0.2) is 18.2 Å². The SMILES string of the molecule is CN1CCc2c(CN3C4C[C@@H]3CO4)cccc21. The smallest absolute Gasteiger partial charge is 0.112 e. The molecule has 0 aliphatic carbocycles. The van der Waals surface area contributed by atoms with Crippen molar-refractivity contribution in [3.8, 4) is 0 Å². The lowest BCUT2D eigenvalue weighted by atomic mass is 9.99. The van der Waals surface area contributed by atoms with Crippen molar-refractivity contribution in [3.05, 3.63) is 29.3 Å². The lowest BCUT2D eigenvalue weighted by Crippen LogP contribution is -2.48. The minimum Gasteiger partial charge on any atom is -0.374 e. The van der Waals surface area contributed by atoms with E-state index >= 15 is 0 Å². The van der Waals surface area contributed by atoms with Gasteiger partial charge in [0.15, 0.2) is 0 Å². The van der Waals surface area contributed by atoms with Gasteiger partial charge in [0.1, 0.15) is 6.23 Å². The number of nitrogens with zero attached hydrogens (tertiary/aromatic N) is 2. The van der Waals surface area contributed by atoms with Crippen LogP contribution in [-0.2, 0) is 17.7 Å². The quantitative estimate of drug-likeness (QED) is 0.767. The molecular weight excluding hydrogens is 212 g/mol. The molecule has 3 fully saturated rings. The van der Waals surface area contributed by atoms with Crippen LogP contribution in [0.3, 0.4) is 0 Å². The molecule has 3 saturated heterocycles. The van der Waals surface area contributed by atoms with E-state index in [1.165, 1.54) is 24.1 Å². The molecule has 0 aromatic heterocycles. The van der Waals surface area contributed by atoms with Crippen LogP contribution in [0.25, 0.3) is 0 Å². The highest BCUT2D eigenvalue weighted by Crippen LogP contribution is 2.38. The topological polar surface area (TPSA) is 15.7 Å². The first-order valence-electron chi connectivity index (χ1n) is 6.52. The Labute approximate surface area is 102 Å². The fraction of sp³-hybridized carbons (Fsp3) is 0.571. The zero-order valence-electron chi connectivity index (χ0n) is 10.2. The summed E-state index contributed by atoms with van der Waals surface area (Å²) in [5.74, 6) is 0. The molecule has 17 heavy (non-hydrogen) atoms. The third kappa shape index (κ3) is 1.36. The third-order valence-corrected chi connectivity index (χ3v) is 4.50. The Bertz CT molecular complexity index is 446. The van der Waals surface area contributed by atoms with E-state index in [4.69, 9.17) is 4.74 Å². The minimum absolute atomic E-state index is 0.412. The Morgan fingerprint density at radius 3 is 3.12 bits per heavy atom. The van der Waals surface area contributed by atoms with E-state index in [2.05, 4.69) is 35.0 Å². The molecule has 0 spiro atoms. The molecule has 1 aromatic rings. The zero-order valence-corrected chi connectivity index (χ0v) is 10.2. The van der Waals surface area contributed by atoms with Crippen LogP contribution in [0, 0.1) is 0 Å². The number of hydrogen-bond acceptors (Lipinski definition) is 3. The molecule has 0 amide bonds. The van der Waals surface area contributed by atoms with Gasteiger partial charge in [0, 0.05) is 38.3 Å². The Morgan fingerprint density at radius 2 is 2.35 bits per heavy atom. The van der Waals surface area contributed by atoms with Gasteiger partial charge in [-0.05, 0) is 23.6 Å². The van der Waals surface area contributed by atoms with Gasteiger partial charge in [-0.2, -0.15) is 0 Å². The predicted molar refractivity (Wildman–Crippen MR) is 67.1 cm³/mol. The molecule has 0 saturated carbocycles. The summed E-state index contributed by atoms with van der Waals surface area (Å²) < 4.78 is 5.67. The van der Waals surface area contributed by atoms with Crippen molar-refractivity contribution in [2.45, 2.75) is 31.7 Å². The van der Waals surface area contributed by atoms with E-state index in [0.717, 1.165) is 19.7 Å². The minimum atomic E-state index is 0.412. The van der Waals surface area contributed by atoms with Gasteiger partial charge in [0.25, 0.3) is 0 Å². The molecule has 3 heteroatoms. The molecule has 0 N–H and O–H groups in total. The number of likely N-dealkylation sites (N-methyl/N-ethyl adjacent to an activating group) is 1. The van der Waals surface area contributed by atoms with Gasteiger partial charge in [0.05, 0.1) is 6.61 Å². The highest BCUT2D eigenvalue weighted by atomic mass is 16.5. The fourth-order valence-corrected chi connectivity index (χ4v) is 3.39. The molecule has 1 unspecified atom stereocenters. The summed E-state index contributed by atoms with van der Waals surface area (Å²) in [4.78, 5) is 4.87. The molecule has 90 valence electrons. The third-order valence-electron chi connectivity index (χ3n) is 4.50. The Balaban J connectivity index is 1.62. The second-order valence-electron chi connectivity index (χ2n) is 5.44. The van der Waals surface area contributed by atoms with Gasteiger partial charge < -0.3 is 9.64 Å². The van der Waals surface area contributed by atoms with Gasteiger partial charge in [0.2, 0.25) is 0 Å². The molecule has 0 radical (unpaired) electrons. The van der Waals surface area contributed by atoms with Crippen LogP contribution in [0.2, 0.25) is 0 Å². The van der Waals surface area contributed by atoms with E-state index < -0.39 is 0 Å². The first-order valence-corrected chi connectivity index (χ1v) is 6.52. The number of hydrogen-bond donors (Lipinski definition) is 0. The predicted octanol–water partition coefficient (Wildman–Crippen LogP) is 1.61. The summed E-state index contributed by atoms with van der Waals surface area (Å²) >= 11 is 0. The molecule has 1 aromatic carbocycles. The molecule has 5 rings (SSSR count). The summed E-state index contributed by atoms with van der Waals surface area (Å²) in [6.07, 6.45) is 2.86. The summed E-state index contributed by atoms with van der Waals surface area (Å²) in [6.45, 7) is 3.18. The van der Waals surface area contributed by atoms with Crippen LogP contribution in [0.4, 0.5) is 5.69 Å². The van der Waals surface area contributed by atoms with Crippen molar-refractivity contribution in [2.75, 3.05) is 25.1 Å². The molecule has 4 aliphatic rings. The van der Waals surface area contributed by atoms with Gasteiger partial charge in [-0.25, -0.2) is 0 Å². The van der Waals surface area contributed by atoms with Crippen molar-refractivity contribution >= 4 is 5.69 Å². The highest BCUT2D eigenvalue weighted by Gasteiger charge is 2.45. The van der Waals surface area contributed by atoms with Crippen LogP contribution >= 0.6 is 0 Å². The van der Waals surface area contributed by atoms with Crippen molar-refractivity contribution in [1.82, 2.24) is 4.90 Å². The van der Waals surface area contributed by atoms with Crippen molar-refractivity contribution < 1.29 is 4.74 Å². The highest BCUT2D eigenvalue weighted by molar-refractivity contribution is 5.60. The summed E-state index contributed by atoms with van der Waals surface area (Å²) in [5, 5.41) is 0. The number of benzene rings is 1. The molecule has 3 nitrogen and oxygen atoms in total. The van der Waals surface area contributed by atoms with E-state index in [1.807, 2.05) is 0 Å². The van der Waals surface area contributed by atoms with Crippen molar-refractivity contribution in [2.24, 2.45) is 0 Å². The van der Waals surface area contributed by atoms with Gasteiger partial charge in [-0.15, -0.1) is 0 Å². The summed E-state index contributed by atoms with van der Waals surface area (Å²) in [6, 6.07) is 7.41. The largest absolute Gasteiger partial charge is 0.374 e. The number of ether oxygens (including phenoxy) is 1. The zero-order chi connectivity index (χ0) is 11.4. The summed E-state index contributed by atoms with van der Waals surface area (Å²) in [5.41, 5.74) is 4.49. The molecule has 2 atom stereocenters. The maximum Gasteiger partial charge on any atom is 0.112 e.